The molecular formula is C24H25N7O2S. The number of pyridine rings is 2. The number of hydrogen-bond acceptors (Lipinski definition) is 9. The Kier molecular flexibility index (Phi) is 7.15. The second-order valence-electron chi connectivity index (χ2n) is 7.86. The molecule has 10 heteroatoms. The maximum atomic E-state index is 10.9. The Morgan fingerprint density at radius 3 is 2.53 bits per heavy atom. The number of thioether (sulfide) groups is 1. The number of aromatic nitrogens is 2. The average Bonchev–Trinajstić information content (AvgIpc) is 2.83. The van der Waals surface area contributed by atoms with E-state index in [9.17, 15) is 10.1 Å². The van der Waals surface area contributed by atoms with Crippen LogP contribution in [-0.2, 0) is 4.79 Å². The molecule has 1 aliphatic rings. The maximum Gasteiger partial charge on any atom is 0.313 e. The van der Waals surface area contributed by atoms with Crippen molar-refractivity contribution in [3.05, 3.63) is 53.6 Å². The number of carbonyl (C=O) groups is 1. The van der Waals surface area contributed by atoms with Crippen LogP contribution in [0.3, 0.4) is 0 Å². The monoisotopic (exact) mass is 475 g/mol. The van der Waals surface area contributed by atoms with Crippen molar-refractivity contribution >= 4 is 52.0 Å². The molecule has 3 heterocycles. The number of nitriles is 1. The number of carboxylic acids is 1. The summed E-state index contributed by atoms with van der Waals surface area (Å²) in [5, 5.41) is 20.3. The zero-order valence-electron chi connectivity index (χ0n) is 18.5. The van der Waals surface area contributed by atoms with Crippen LogP contribution in [0.4, 0.5) is 17.5 Å². The lowest BCUT2D eigenvalue weighted by Crippen LogP contribution is -2.47. The van der Waals surface area contributed by atoms with Crippen molar-refractivity contribution in [2.75, 3.05) is 54.8 Å². The van der Waals surface area contributed by atoms with Gasteiger partial charge in [-0.25, -0.2) is 9.97 Å². The highest BCUT2D eigenvalue weighted by Crippen LogP contribution is 2.35. The third-order valence-electron chi connectivity index (χ3n) is 5.60. The van der Waals surface area contributed by atoms with Crippen LogP contribution in [0.5, 0.6) is 0 Å². The van der Waals surface area contributed by atoms with Gasteiger partial charge in [-0.2, -0.15) is 5.26 Å². The number of nitrogens with zero attached hydrogens (tertiary/aromatic N) is 5. The molecule has 2 aromatic heterocycles. The van der Waals surface area contributed by atoms with Gasteiger partial charge in [0.2, 0.25) is 0 Å². The largest absolute Gasteiger partial charge is 0.481 e. The summed E-state index contributed by atoms with van der Waals surface area (Å²) in [6.07, 6.45) is 4.27. The van der Waals surface area contributed by atoms with Gasteiger partial charge in [0.1, 0.15) is 29.1 Å². The van der Waals surface area contributed by atoms with E-state index in [1.807, 2.05) is 18.2 Å². The summed E-state index contributed by atoms with van der Waals surface area (Å²) >= 11 is 1.04. The van der Waals surface area contributed by atoms with Crippen LogP contribution >= 0.6 is 11.8 Å². The highest BCUT2D eigenvalue weighted by molar-refractivity contribution is 7.99. The van der Waals surface area contributed by atoms with Gasteiger partial charge in [0.15, 0.2) is 0 Å². The van der Waals surface area contributed by atoms with Crippen molar-refractivity contribution in [2.45, 2.75) is 5.03 Å². The van der Waals surface area contributed by atoms with Gasteiger partial charge >= 0.3 is 5.97 Å². The molecule has 0 atom stereocenters. The molecule has 0 amide bonds. The van der Waals surface area contributed by atoms with E-state index in [1.54, 1.807) is 6.07 Å². The van der Waals surface area contributed by atoms with E-state index < -0.39 is 5.97 Å². The number of nitrogens with two attached hydrogens (primary N) is 2. The van der Waals surface area contributed by atoms with Crippen LogP contribution in [0.2, 0.25) is 0 Å². The SMILES string of the molecule is N#Cc1c(N2CCN(C/C=C/c3ccccc3)CC2)nc(N)c2c(N)nc(SCC(=O)O)cc12. The number of anilines is 3. The number of hydrogen-bond donors (Lipinski definition) is 3. The Balaban J connectivity index is 1.53. The standard InChI is InChI=1S/C24H25N7O2S/c25-14-18-17-13-19(34-15-20(32)33)28-22(26)21(17)23(27)29-24(18)31-11-9-30(10-12-31)8-4-7-16-5-2-1-3-6-16/h1-7,13H,8-12,15H2,(H2,26,28)(H2,27,29)(H,32,33)/b7-4+. The molecule has 0 radical (unpaired) electrons. The molecule has 1 aliphatic heterocycles. The summed E-state index contributed by atoms with van der Waals surface area (Å²) in [6, 6.07) is 14.1. The molecule has 0 bridgehead atoms. The minimum absolute atomic E-state index is 0.133. The van der Waals surface area contributed by atoms with E-state index in [1.165, 1.54) is 5.56 Å². The Hall–Kier alpha value is -3.81. The molecule has 1 aromatic carbocycles. The molecule has 4 rings (SSSR count). The second kappa shape index (κ2) is 10.4. The highest BCUT2D eigenvalue weighted by atomic mass is 32.2. The van der Waals surface area contributed by atoms with Crippen molar-refractivity contribution in [1.29, 1.82) is 5.26 Å². The fraction of sp³-hybridized carbons (Fsp3) is 0.250. The molecule has 9 nitrogen and oxygen atoms in total. The number of piperazine rings is 1. The Morgan fingerprint density at radius 2 is 1.85 bits per heavy atom. The maximum absolute atomic E-state index is 10.9. The molecule has 0 aliphatic carbocycles. The molecule has 174 valence electrons. The highest BCUT2D eigenvalue weighted by Gasteiger charge is 2.24. The summed E-state index contributed by atoms with van der Waals surface area (Å²) in [7, 11) is 0. The lowest BCUT2D eigenvalue weighted by molar-refractivity contribution is -0.133. The molecule has 0 spiro atoms. The van der Waals surface area contributed by atoms with Crippen molar-refractivity contribution in [3.8, 4) is 6.07 Å². The molecule has 5 N–H and O–H groups in total. The van der Waals surface area contributed by atoms with Gasteiger partial charge in [0.25, 0.3) is 0 Å². The Labute approximate surface area is 201 Å². The van der Waals surface area contributed by atoms with E-state index >= 15 is 0 Å². The first-order valence-corrected chi connectivity index (χ1v) is 11.8. The molecule has 0 unspecified atom stereocenters. The van der Waals surface area contributed by atoms with E-state index in [-0.39, 0.29) is 17.4 Å². The molecule has 0 saturated carbocycles. The third-order valence-corrected chi connectivity index (χ3v) is 6.50. The molecular weight excluding hydrogens is 450 g/mol. The third kappa shape index (κ3) is 5.22. The van der Waals surface area contributed by atoms with Gasteiger partial charge in [0.05, 0.1) is 16.2 Å². The minimum Gasteiger partial charge on any atom is -0.481 e. The fourth-order valence-corrected chi connectivity index (χ4v) is 4.58. The molecule has 1 saturated heterocycles. The normalized spacial score (nSPS) is 14.5. The lowest BCUT2D eigenvalue weighted by Gasteiger charge is -2.35. The number of carboxylic acid groups (broad SMARTS) is 1. The van der Waals surface area contributed by atoms with Gasteiger partial charge < -0.3 is 21.5 Å². The second-order valence-corrected chi connectivity index (χ2v) is 8.85. The van der Waals surface area contributed by atoms with Crippen LogP contribution in [-0.4, -0.2) is 64.4 Å². The summed E-state index contributed by atoms with van der Waals surface area (Å²) in [6.45, 7) is 3.89. The minimum atomic E-state index is -0.961. The molecule has 1 fully saturated rings. The van der Waals surface area contributed by atoms with E-state index in [4.69, 9.17) is 16.6 Å². The Morgan fingerprint density at radius 1 is 1.15 bits per heavy atom. The lowest BCUT2D eigenvalue weighted by atomic mass is 10.1. The topological polar surface area (TPSA) is 145 Å². The van der Waals surface area contributed by atoms with Gasteiger partial charge in [0, 0.05) is 38.1 Å². The van der Waals surface area contributed by atoms with Gasteiger partial charge in [-0.1, -0.05) is 54.2 Å². The van der Waals surface area contributed by atoms with Crippen molar-refractivity contribution < 1.29 is 9.90 Å². The zero-order valence-corrected chi connectivity index (χ0v) is 19.3. The summed E-state index contributed by atoms with van der Waals surface area (Å²) in [5.74, 6) is -0.261. The molecule has 34 heavy (non-hydrogen) atoms. The number of aliphatic carboxylic acids is 1. The number of rotatable bonds is 7. The first-order valence-electron chi connectivity index (χ1n) is 10.8. The number of nitrogen functional groups attached to an aromatic ring is 2. The quantitative estimate of drug-likeness (QED) is 0.436. The first-order chi connectivity index (χ1) is 16.5. The fourth-order valence-electron chi connectivity index (χ4n) is 3.95. The molecule has 3 aromatic rings. The summed E-state index contributed by atoms with van der Waals surface area (Å²) < 4.78 is 0. The van der Waals surface area contributed by atoms with Crippen LogP contribution in [0, 0.1) is 11.3 Å². The van der Waals surface area contributed by atoms with E-state index in [0.717, 1.165) is 31.4 Å². The zero-order chi connectivity index (χ0) is 24.1. The summed E-state index contributed by atoms with van der Waals surface area (Å²) in [4.78, 5) is 24.1. The van der Waals surface area contributed by atoms with E-state index in [2.05, 4.69) is 50.1 Å². The summed E-state index contributed by atoms with van der Waals surface area (Å²) in [5.41, 5.74) is 13.9. The Bertz CT molecular complexity index is 1270. The first kappa shape index (κ1) is 23.4. The average molecular weight is 476 g/mol. The van der Waals surface area contributed by atoms with Gasteiger partial charge in [-0.05, 0) is 11.6 Å². The predicted molar refractivity (Wildman–Crippen MR) is 136 cm³/mol. The van der Waals surface area contributed by atoms with Crippen molar-refractivity contribution in [1.82, 2.24) is 14.9 Å². The van der Waals surface area contributed by atoms with Crippen molar-refractivity contribution in [3.63, 3.8) is 0 Å². The smallest absolute Gasteiger partial charge is 0.313 e. The van der Waals surface area contributed by atoms with Crippen LogP contribution in [0.15, 0.2) is 47.5 Å². The van der Waals surface area contributed by atoms with Crippen LogP contribution in [0.25, 0.3) is 16.8 Å². The van der Waals surface area contributed by atoms with Gasteiger partial charge in [-0.3, -0.25) is 9.69 Å². The number of fused-ring (bicyclic) bond motifs is 1. The van der Waals surface area contributed by atoms with Gasteiger partial charge in [-0.15, -0.1) is 0 Å². The predicted octanol–water partition coefficient (Wildman–Crippen LogP) is 2.68. The van der Waals surface area contributed by atoms with E-state index in [0.29, 0.717) is 40.3 Å². The van der Waals surface area contributed by atoms with Crippen molar-refractivity contribution in [2.24, 2.45) is 0 Å². The van der Waals surface area contributed by atoms with Crippen LogP contribution in [0.1, 0.15) is 11.1 Å². The number of benzene rings is 1. The van der Waals surface area contributed by atoms with Crippen LogP contribution < -0.4 is 16.4 Å².